The maximum atomic E-state index is 12.7. The SMILES string of the molecule is Cc1cc(C)c(NC(=O)[C@H](C)Nc2ccc(N3CCSCC3)cc2C)c(Cl)c1. The summed E-state index contributed by atoms with van der Waals surface area (Å²) in [6, 6.07) is 9.90. The number of nitrogens with zero attached hydrogens (tertiary/aromatic N) is 1. The van der Waals surface area contributed by atoms with E-state index in [0.717, 1.165) is 35.5 Å². The molecule has 150 valence electrons. The van der Waals surface area contributed by atoms with Crippen LogP contribution in [0.25, 0.3) is 0 Å². The van der Waals surface area contributed by atoms with Crippen molar-refractivity contribution in [2.75, 3.05) is 40.1 Å². The fraction of sp³-hybridized carbons (Fsp3) is 0.409. The van der Waals surface area contributed by atoms with Crippen LogP contribution in [0.3, 0.4) is 0 Å². The number of carbonyl (C=O) groups is 1. The predicted molar refractivity (Wildman–Crippen MR) is 123 cm³/mol. The van der Waals surface area contributed by atoms with E-state index in [1.54, 1.807) is 0 Å². The second-order valence-corrected chi connectivity index (χ2v) is 9.02. The number of carbonyl (C=O) groups excluding carboxylic acids is 1. The van der Waals surface area contributed by atoms with Crippen LogP contribution in [0.1, 0.15) is 23.6 Å². The van der Waals surface area contributed by atoms with E-state index in [0.29, 0.717) is 10.7 Å². The largest absolute Gasteiger partial charge is 0.374 e. The number of nitrogens with one attached hydrogen (secondary N) is 2. The Labute approximate surface area is 177 Å². The summed E-state index contributed by atoms with van der Waals surface area (Å²) in [5.74, 6) is 2.25. The van der Waals surface area contributed by atoms with Gasteiger partial charge in [0.25, 0.3) is 0 Å². The van der Waals surface area contributed by atoms with Crippen LogP contribution >= 0.6 is 23.4 Å². The molecule has 0 bridgehead atoms. The summed E-state index contributed by atoms with van der Waals surface area (Å²) in [4.78, 5) is 15.1. The first-order valence-electron chi connectivity index (χ1n) is 9.62. The second-order valence-electron chi connectivity index (χ2n) is 7.39. The van der Waals surface area contributed by atoms with Crippen molar-refractivity contribution in [1.82, 2.24) is 0 Å². The van der Waals surface area contributed by atoms with Gasteiger partial charge in [-0.25, -0.2) is 0 Å². The predicted octanol–water partition coefficient (Wildman–Crippen LogP) is 5.26. The average Bonchev–Trinajstić information content (AvgIpc) is 2.66. The van der Waals surface area contributed by atoms with Gasteiger partial charge in [-0.05, 0) is 68.7 Å². The van der Waals surface area contributed by atoms with Crippen molar-refractivity contribution in [3.63, 3.8) is 0 Å². The van der Waals surface area contributed by atoms with Crippen LogP contribution in [-0.2, 0) is 4.79 Å². The van der Waals surface area contributed by atoms with Crippen molar-refractivity contribution in [2.24, 2.45) is 0 Å². The van der Waals surface area contributed by atoms with Crippen molar-refractivity contribution in [3.8, 4) is 0 Å². The minimum Gasteiger partial charge on any atom is -0.374 e. The highest BCUT2D eigenvalue weighted by Gasteiger charge is 2.17. The highest BCUT2D eigenvalue weighted by molar-refractivity contribution is 7.99. The van der Waals surface area contributed by atoms with Crippen LogP contribution < -0.4 is 15.5 Å². The molecule has 2 aromatic carbocycles. The summed E-state index contributed by atoms with van der Waals surface area (Å²) >= 11 is 8.33. The Morgan fingerprint density at radius 1 is 1.11 bits per heavy atom. The van der Waals surface area contributed by atoms with E-state index in [-0.39, 0.29) is 11.9 Å². The molecule has 1 saturated heterocycles. The first kappa shape index (κ1) is 20.9. The third-order valence-electron chi connectivity index (χ3n) is 5.03. The van der Waals surface area contributed by atoms with Crippen molar-refractivity contribution < 1.29 is 4.79 Å². The number of thioether (sulfide) groups is 1. The summed E-state index contributed by atoms with van der Waals surface area (Å²) < 4.78 is 0. The van der Waals surface area contributed by atoms with Gasteiger partial charge in [-0.15, -0.1) is 0 Å². The van der Waals surface area contributed by atoms with Gasteiger partial charge in [-0.3, -0.25) is 4.79 Å². The minimum absolute atomic E-state index is 0.106. The zero-order valence-electron chi connectivity index (χ0n) is 16.9. The summed E-state index contributed by atoms with van der Waals surface area (Å²) in [5, 5.41) is 6.87. The Hall–Kier alpha value is -1.85. The summed E-state index contributed by atoms with van der Waals surface area (Å²) in [6.07, 6.45) is 0. The third kappa shape index (κ3) is 4.95. The number of hydrogen-bond donors (Lipinski definition) is 2. The zero-order chi connectivity index (χ0) is 20.3. The molecule has 28 heavy (non-hydrogen) atoms. The molecule has 0 aliphatic carbocycles. The van der Waals surface area contributed by atoms with Crippen LogP contribution in [0.5, 0.6) is 0 Å². The van der Waals surface area contributed by atoms with Crippen molar-refractivity contribution in [3.05, 3.63) is 52.0 Å². The third-order valence-corrected chi connectivity index (χ3v) is 6.27. The lowest BCUT2D eigenvalue weighted by atomic mass is 10.1. The number of benzene rings is 2. The fourth-order valence-corrected chi connectivity index (χ4v) is 4.70. The smallest absolute Gasteiger partial charge is 0.246 e. The lowest BCUT2D eigenvalue weighted by molar-refractivity contribution is -0.116. The molecule has 1 atom stereocenters. The van der Waals surface area contributed by atoms with E-state index in [1.165, 1.54) is 17.2 Å². The van der Waals surface area contributed by atoms with Gasteiger partial charge >= 0.3 is 0 Å². The average molecular weight is 418 g/mol. The molecule has 1 aliphatic heterocycles. The molecule has 0 radical (unpaired) electrons. The molecule has 1 fully saturated rings. The highest BCUT2D eigenvalue weighted by Crippen LogP contribution is 2.28. The van der Waals surface area contributed by atoms with Crippen LogP contribution in [-0.4, -0.2) is 36.5 Å². The maximum absolute atomic E-state index is 12.7. The van der Waals surface area contributed by atoms with E-state index in [1.807, 2.05) is 44.7 Å². The molecule has 1 heterocycles. The number of rotatable bonds is 5. The molecular formula is C22H28ClN3OS. The zero-order valence-corrected chi connectivity index (χ0v) is 18.5. The van der Waals surface area contributed by atoms with Crippen LogP contribution in [0.15, 0.2) is 30.3 Å². The van der Waals surface area contributed by atoms with E-state index in [4.69, 9.17) is 11.6 Å². The fourth-order valence-electron chi connectivity index (χ4n) is 3.43. The molecule has 1 amide bonds. The molecule has 1 aliphatic rings. The number of anilines is 3. The Balaban J connectivity index is 1.67. The van der Waals surface area contributed by atoms with Crippen LogP contribution in [0, 0.1) is 20.8 Å². The van der Waals surface area contributed by atoms with Crippen molar-refractivity contribution in [2.45, 2.75) is 33.7 Å². The number of amides is 1. The van der Waals surface area contributed by atoms with Gasteiger partial charge < -0.3 is 15.5 Å². The molecule has 0 saturated carbocycles. The molecule has 0 spiro atoms. The lowest BCUT2D eigenvalue weighted by Gasteiger charge is -2.29. The Morgan fingerprint density at radius 2 is 1.82 bits per heavy atom. The van der Waals surface area contributed by atoms with Crippen LogP contribution in [0.4, 0.5) is 17.1 Å². The van der Waals surface area contributed by atoms with Gasteiger partial charge in [0.05, 0.1) is 10.7 Å². The van der Waals surface area contributed by atoms with Crippen molar-refractivity contribution >= 4 is 46.3 Å². The minimum atomic E-state index is -0.382. The first-order valence-corrected chi connectivity index (χ1v) is 11.2. The molecule has 0 unspecified atom stereocenters. The van der Waals surface area contributed by atoms with E-state index in [9.17, 15) is 4.79 Å². The topological polar surface area (TPSA) is 44.4 Å². The maximum Gasteiger partial charge on any atom is 0.246 e. The second kappa shape index (κ2) is 9.10. The Morgan fingerprint density at radius 3 is 2.46 bits per heavy atom. The molecule has 2 aromatic rings. The molecule has 3 rings (SSSR count). The van der Waals surface area contributed by atoms with E-state index < -0.39 is 0 Å². The quantitative estimate of drug-likeness (QED) is 0.696. The summed E-state index contributed by atoms with van der Waals surface area (Å²) in [5.41, 5.74) is 6.09. The Kier molecular flexibility index (Phi) is 6.78. The van der Waals surface area contributed by atoms with E-state index in [2.05, 4.69) is 40.7 Å². The van der Waals surface area contributed by atoms with Gasteiger partial charge in [0.15, 0.2) is 0 Å². The summed E-state index contributed by atoms with van der Waals surface area (Å²) in [7, 11) is 0. The van der Waals surface area contributed by atoms with Gasteiger partial charge in [0, 0.05) is 36.0 Å². The molecule has 4 nitrogen and oxygen atoms in total. The van der Waals surface area contributed by atoms with Gasteiger partial charge in [0.2, 0.25) is 5.91 Å². The molecule has 0 aromatic heterocycles. The Bertz CT molecular complexity index is 842. The van der Waals surface area contributed by atoms with E-state index >= 15 is 0 Å². The van der Waals surface area contributed by atoms with Gasteiger partial charge in [-0.2, -0.15) is 11.8 Å². The monoisotopic (exact) mass is 417 g/mol. The van der Waals surface area contributed by atoms with Gasteiger partial charge in [0.1, 0.15) is 6.04 Å². The van der Waals surface area contributed by atoms with Gasteiger partial charge in [-0.1, -0.05) is 17.7 Å². The van der Waals surface area contributed by atoms with Crippen LogP contribution in [0.2, 0.25) is 5.02 Å². The molecular weight excluding hydrogens is 390 g/mol. The van der Waals surface area contributed by atoms with Crippen molar-refractivity contribution in [1.29, 1.82) is 0 Å². The summed E-state index contributed by atoms with van der Waals surface area (Å²) in [6.45, 7) is 10.1. The standard InChI is InChI=1S/C22H28ClN3OS/c1-14-11-16(3)21(19(23)12-14)25-22(27)17(4)24-20-6-5-18(13-15(20)2)26-7-9-28-10-8-26/h5-6,11-13,17,24H,7-10H2,1-4H3,(H,25,27)/t17-/m0/s1. The first-order chi connectivity index (χ1) is 13.3. The number of hydrogen-bond acceptors (Lipinski definition) is 4. The number of aryl methyl sites for hydroxylation is 3. The number of halogens is 1. The highest BCUT2D eigenvalue weighted by atomic mass is 35.5. The molecule has 2 N–H and O–H groups in total. The molecule has 6 heteroatoms. The normalized spacial score (nSPS) is 15.2. The lowest BCUT2D eigenvalue weighted by Crippen LogP contribution is -2.33.